The summed E-state index contributed by atoms with van der Waals surface area (Å²) in [6.07, 6.45) is 0. The first-order valence-electron chi connectivity index (χ1n) is 4.17. The quantitative estimate of drug-likeness (QED) is 0.715. The van der Waals surface area contributed by atoms with Crippen molar-refractivity contribution < 1.29 is 9.90 Å². The van der Waals surface area contributed by atoms with Gasteiger partial charge in [-0.2, -0.15) is 0 Å². The maximum atomic E-state index is 10.6. The average Bonchev–Trinajstić information content (AvgIpc) is 2.03. The SMILES string of the molecule is CC(C)(C)c1cc[c]c(C(=O)O)c1. The standard InChI is InChI=1S/C11H13O2/c1-11(2,3)9-6-4-5-8(7-9)10(12)13/h4,6-7H,1-3H3,(H,12,13). The second-order valence-electron chi connectivity index (χ2n) is 4.05. The van der Waals surface area contributed by atoms with Crippen molar-refractivity contribution in [3.05, 3.63) is 35.4 Å². The van der Waals surface area contributed by atoms with E-state index in [9.17, 15) is 4.79 Å². The lowest BCUT2D eigenvalue weighted by molar-refractivity contribution is 0.0696. The number of hydrogen-bond acceptors (Lipinski definition) is 1. The van der Waals surface area contributed by atoms with E-state index < -0.39 is 5.97 Å². The van der Waals surface area contributed by atoms with Crippen LogP contribution >= 0.6 is 0 Å². The van der Waals surface area contributed by atoms with Crippen LogP contribution in [0, 0.1) is 6.07 Å². The highest BCUT2D eigenvalue weighted by Crippen LogP contribution is 2.22. The van der Waals surface area contributed by atoms with Gasteiger partial charge in [-0.3, -0.25) is 0 Å². The van der Waals surface area contributed by atoms with Crippen molar-refractivity contribution in [3.8, 4) is 0 Å². The zero-order valence-electron chi connectivity index (χ0n) is 8.09. The van der Waals surface area contributed by atoms with Crippen molar-refractivity contribution >= 4 is 5.97 Å². The number of carboxylic acids is 1. The fraction of sp³-hybridized carbons (Fsp3) is 0.364. The molecule has 0 saturated heterocycles. The number of aromatic carboxylic acids is 1. The van der Waals surface area contributed by atoms with Gasteiger partial charge in [0.05, 0.1) is 5.56 Å². The second-order valence-corrected chi connectivity index (χ2v) is 4.05. The molecular weight excluding hydrogens is 164 g/mol. The van der Waals surface area contributed by atoms with E-state index in [0.29, 0.717) is 0 Å². The van der Waals surface area contributed by atoms with E-state index >= 15 is 0 Å². The third-order valence-electron chi connectivity index (χ3n) is 1.90. The van der Waals surface area contributed by atoms with E-state index in [1.54, 1.807) is 12.1 Å². The summed E-state index contributed by atoms with van der Waals surface area (Å²) in [4.78, 5) is 10.6. The Morgan fingerprint density at radius 1 is 1.46 bits per heavy atom. The number of hydrogen-bond donors (Lipinski definition) is 1. The van der Waals surface area contributed by atoms with Crippen LogP contribution in [0.25, 0.3) is 0 Å². The van der Waals surface area contributed by atoms with Gasteiger partial charge >= 0.3 is 5.97 Å². The van der Waals surface area contributed by atoms with Crippen molar-refractivity contribution in [3.63, 3.8) is 0 Å². The molecule has 0 saturated carbocycles. The van der Waals surface area contributed by atoms with Crippen LogP contribution in [0.5, 0.6) is 0 Å². The molecule has 2 heteroatoms. The molecule has 0 heterocycles. The summed E-state index contributed by atoms with van der Waals surface area (Å²) in [6.45, 7) is 6.15. The van der Waals surface area contributed by atoms with E-state index in [1.807, 2.05) is 26.8 Å². The van der Waals surface area contributed by atoms with Gasteiger partial charge in [-0.15, -0.1) is 0 Å². The van der Waals surface area contributed by atoms with Crippen LogP contribution in [0.15, 0.2) is 18.2 Å². The van der Waals surface area contributed by atoms with Crippen LogP contribution in [0.3, 0.4) is 0 Å². The normalized spacial score (nSPS) is 11.3. The highest BCUT2D eigenvalue weighted by Gasteiger charge is 2.15. The molecule has 1 aromatic carbocycles. The van der Waals surface area contributed by atoms with Gasteiger partial charge in [0.25, 0.3) is 0 Å². The monoisotopic (exact) mass is 177 g/mol. The molecule has 0 aromatic heterocycles. The lowest BCUT2D eigenvalue weighted by Gasteiger charge is -2.18. The van der Waals surface area contributed by atoms with Gasteiger partial charge in [0, 0.05) is 0 Å². The number of rotatable bonds is 1. The molecule has 0 atom stereocenters. The minimum Gasteiger partial charge on any atom is -0.478 e. The molecule has 13 heavy (non-hydrogen) atoms. The maximum Gasteiger partial charge on any atom is 0.336 e. The Hall–Kier alpha value is -1.31. The third kappa shape index (κ3) is 2.31. The highest BCUT2D eigenvalue weighted by atomic mass is 16.4. The summed E-state index contributed by atoms with van der Waals surface area (Å²) in [5, 5.41) is 8.74. The molecule has 0 aliphatic rings. The number of carboxylic acid groups (broad SMARTS) is 1. The van der Waals surface area contributed by atoms with E-state index in [-0.39, 0.29) is 11.0 Å². The van der Waals surface area contributed by atoms with Gasteiger partial charge in [0.2, 0.25) is 0 Å². The van der Waals surface area contributed by atoms with Crippen molar-refractivity contribution in [1.29, 1.82) is 0 Å². The van der Waals surface area contributed by atoms with Crippen molar-refractivity contribution in [1.82, 2.24) is 0 Å². The Labute approximate surface area is 78.2 Å². The van der Waals surface area contributed by atoms with E-state index in [2.05, 4.69) is 6.07 Å². The predicted octanol–water partition coefficient (Wildman–Crippen LogP) is 2.48. The van der Waals surface area contributed by atoms with Gasteiger partial charge in [-0.05, 0) is 23.1 Å². The Bertz CT molecular complexity index is 321. The number of carbonyl (C=O) groups is 1. The minimum atomic E-state index is -0.925. The molecule has 2 nitrogen and oxygen atoms in total. The first-order valence-corrected chi connectivity index (χ1v) is 4.17. The van der Waals surface area contributed by atoms with E-state index in [1.165, 1.54) is 0 Å². The Kier molecular flexibility index (Phi) is 2.41. The predicted molar refractivity (Wildman–Crippen MR) is 50.9 cm³/mol. The number of benzene rings is 1. The van der Waals surface area contributed by atoms with Crippen LogP contribution in [0.4, 0.5) is 0 Å². The molecule has 0 amide bonds. The van der Waals surface area contributed by atoms with Crippen LogP contribution in [0.1, 0.15) is 36.7 Å². The molecule has 1 radical (unpaired) electrons. The maximum absolute atomic E-state index is 10.6. The first kappa shape index (κ1) is 9.78. The molecule has 1 N–H and O–H groups in total. The zero-order valence-corrected chi connectivity index (χ0v) is 8.09. The summed E-state index contributed by atoms with van der Waals surface area (Å²) >= 11 is 0. The van der Waals surface area contributed by atoms with Crippen molar-refractivity contribution in [2.75, 3.05) is 0 Å². The van der Waals surface area contributed by atoms with Gasteiger partial charge in [0.15, 0.2) is 0 Å². The fourth-order valence-corrected chi connectivity index (χ4v) is 1.06. The Morgan fingerprint density at radius 3 is 2.54 bits per heavy atom. The van der Waals surface area contributed by atoms with E-state index in [0.717, 1.165) is 5.56 Å². The molecule has 0 fully saturated rings. The summed E-state index contributed by atoms with van der Waals surface area (Å²) in [5.41, 5.74) is 1.23. The fourth-order valence-electron chi connectivity index (χ4n) is 1.06. The first-order chi connectivity index (χ1) is 5.91. The summed E-state index contributed by atoms with van der Waals surface area (Å²) in [6, 6.07) is 7.90. The van der Waals surface area contributed by atoms with Crippen LogP contribution in [-0.2, 0) is 5.41 Å². The Morgan fingerprint density at radius 2 is 2.08 bits per heavy atom. The Balaban J connectivity index is 3.13. The minimum absolute atomic E-state index is 0.0146. The van der Waals surface area contributed by atoms with Gasteiger partial charge < -0.3 is 5.11 Å². The molecule has 0 spiro atoms. The van der Waals surface area contributed by atoms with E-state index in [4.69, 9.17) is 5.11 Å². The smallest absolute Gasteiger partial charge is 0.336 e. The average molecular weight is 177 g/mol. The van der Waals surface area contributed by atoms with Gasteiger partial charge in [-0.1, -0.05) is 32.9 Å². The summed E-state index contributed by atoms with van der Waals surface area (Å²) in [7, 11) is 0. The lowest BCUT2D eigenvalue weighted by Crippen LogP contribution is -2.12. The van der Waals surface area contributed by atoms with Gasteiger partial charge in [0.1, 0.15) is 0 Å². The highest BCUT2D eigenvalue weighted by molar-refractivity contribution is 5.87. The van der Waals surface area contributed by atoms with Crippen LogP contribution in [0.2, 0.25) is 0 Å². The van der Waals surface area contributed by atoms with Crippen LogP contribution < -0.4 is 0 Å². The molecule has 0 unspecified atom stereocenters. The molecule has 69 valence electrons. The lowest BCUT2D eigenvalue weighted by atomic mass is 9.86. The van der Waals surface area contributed by atoms with Crippen molar-refractivity contribution in [2.45, 2.75) is 26.2 Å². The molecule has 0 bridgehead atoms. The molecule has 1 aromatic rings. The van der Waals surface area contributed by atoms with Crippen molar-refractivity contribution in [2.24, 2.45) is 0 Å². The van der Waals surface area contributed by atoms with Crippen LogP contribution in [-0.4, -0.2) is 11.1 Å². The molecule has 0 aliphatic carbocycles. The third-order valence-corrected chi connectivity index (χ3v) is 1.90. The largest absolute Gasteiger partial charge is 0.478 e. The molecule has 1 rings (SSSR count). The second kappa shape index (κ2) is 3.21. The molecule has 0 aliphatic heterocycles. The summed E-state index contributed by atoms with van der Waals surface area (Å²) in [5.74, 6) is -0.925. The summed E-state index contributed by atoms with van der Waals surface area (Å²) < 4.78 is 0. The van der Waals surface area contributed by atoms with Gasteiger partial charge in [-0.25, -0.2) is 4.79 Å². The molecular formula is C11H13O2. The zero-order chi connectivity index (χ0) is 10.1. The topological polar surface area (TPSA) is 37.3 Å².